The third-order valence-corrected chi connectivity index (χ3v) is 9.53. The largest absolute Gasteiger partial charge is 0.493 e. The fourth-order valence-electron chi connectivity index (χ4n) is 5.02. The summed E-state index contributed by atoms with van der Waals surface area (Å²) in [5.74, 6) is -0.671. The maximum Gasteiger partial charge on any atom is 0.269 e. The van der Waals surface area contributed by atoms with Gasteiger partial charge in [-0.2, -0.15) is 9.57 Å². The zero-order valence-electron chi connectivity index (χ0n) is 24.8. The molecule has 0 aliphatic carbocycles. The summed E-state index contributed by atoms with van der Waals surface area (Å²) < 4.78 is 30.1. The minimum Gasteiger partial charge on any atom is -0.493 e. The van der Waals surface area contributed by atoms with Crippen molar-refractivity contribution >= 4 is 21.4 Å². The lowest BCUT2D eigenvalue weighted by Gasteiger charge is -2.34. The molecule has 2 rings (SSSR count). The van der Waals surface area contributed by atoms with Crippen LogP contribution in [-0.2, 0) is 10.0 Å². The van der Waals surface area contributed by atoms with Crippen LogP contribution < -0.4 is 17.0 Å². The highest BCUT2D eigenvalue weighted by atomic mass is 32.2. The van der Waals surface area contributed by atoms with Crippen LogP contribution in [0.15, 0.2) is 44.2 Å². The van der Waals surface area contributed by atoms with Crippen LogP contribution in [0.2, 0.25) is 0 Å². The molecule has 11 nitrogen and oxygen atoms in total. The van der Waals surface area contributed by atoms with E-state index in [1.54, 1.807) is 18.2 Å². The van der Waals surface area contributed by atoms with Crippen LogP contribution in [0.3, 0.4) is 0 Å². The molecule has 2 aromatic rings. The maximum atomic E-state index is 14.3. The number of pyridine rings is 1. The summed E-state index contributed by atoms with van der Waals surface area (Å²) in [4.78, 5) is 14.1. The predicted octanol–water partition coefficient (Wildman–Crippen LogP) is 4.97. The molecule has 6 N–H and O–H groups in total. The minimum atomic E-state index is -4.09. The number of rotatable bonds is 16. The molecule has 226 valence electrons. The van der Waals surface area contributed by atoms with Gasteiger partial charge < -0.3 is 16.6 Å². The third kappa shape index (κ3) is 8.45. The van der Waals surface area contributed by atoms with Gasteiger partial charge in [-0.25, -0.2) is 8.42 Å². The van der Waals surface area contributed by atoms with E-state index in [0.717, 1.165) is 38.5 Å². The molecule has 1 heterocycles. The topological polar surface area (TPSA) is 191 Å². The number of hydrogen-bond acceptors (Lipinski definition) is 9. The molecule has 0 bridgehead atoms. The first-order chi connectivity index (χ1) is 19.5. The summed E-state index contributed by atoms with van der Waals surface area (Å²) >= 11 is 0. The number of aromatic hydroxyl groups is 1. The molecule has 0 amide bonds. The van der Waals surface area contributed by atoms with E-state index in [9.17, 15) is 23.6 Å². The van der Waals surface area contributed by atoms with E-state index in [1.807, 2.05) is 13.8 Å². The van der Waals surface area contributed by atoms with Gasteiger partial charge in [0.1, 0.15) is 27.9 Å². The van der Waals surface area contributed by atoms with E-state index in [4.69, 9.17) is 11.5 Å². The van der Waals surface area contributed by atoms with Crippen LogP contribution in [-0.4, -0.2) is 48.0 Å². The van der Waals surface area contributed by atoms with Crippen molar-refractivity contribution in [2.45, 2.75) is 90.1 Å². The number of nitriles is 1. The Morgan fingerprint density at radius 2 is 1.54 bits per heavy atom. The number of benzene rings is 1. The molecule has 1 aromatic heterocycles. The monoisotopic (exact) mass is 587 g/mol. The van der Waals surface area contributed by atoms with Gasteiger partial charge in [0.05, 0.1) is 0 Å². The number of nitrogens with zero attached hydrogens (tertiary/aromatic N) is 4. The fraction of sp³-hybridized carbons (Fsp3) is 0.586. The highest BCUT2D eigenvalue weighted by Crippen LogP contribution is 2.34. The number of H-pyrrole nitrogens is 1. The van der Waals surface area contributed by atoms with Gasteiger partial charge in [-0.15, -0.1) is 10.2 Å². The van der Waals surface area contributed by atoms with Crippen molar-refractivity contribution in [3.8, 4) is 11.9 Å². The summed E-state index contributed by atoms with van der Waals surface area (Å²) in [6.07, 6.45) is 4.82. The van der Waals surface area contributed by atoms with E-state index < -0.39 is 21.5 Å². The summed E-state index contributed by atoms with van der Waals surface area (Å²) in [7, 11) is -4.09. The number of nitrogens with two attached hydrogens (primary N) is 2. The number of nitrogens with one attached hydrogen (secondary N) is 1. The molecule has 0 aliphatic rings. The zero-order chi connectivity index (χ0) is 30.7. The van der Waals surface area contributed by atoms with Crippen LogP contribution in [0.25, 0.3) is 0 Å². The van der Waals surface area contributed by atoms with Crippen LogP contribution in [0.4, 0.5) is 11.4 Å². The van der Waals surface area contributed by atoms with E-state index in [2.05, 4.69) is 29.1 Å². The Morgan fingerprint density at radius 3 is 2.02 bits per heavy atom. The van der Waals surface area contributed by atoms with Crippen LogP contribution in [0, 0.1) is 30.1 Å². The van der Waals surface area contributed by atoms with Gasteiger partial charge in [0, 0.05) is 30.7 Å². The SMILES string of the molecule is CCCC(N)C(CC)CN(CC(CC)C(N)CCC)S(=O)(=O)c1ccccc1/N=N\c1c(O)[nH]c(=O)c(C#N)c1C. The Balaban J connectivity index is 2.62. The minimum absolute atomic E-state index is 0.0522. The van der Waals surface area contributed by atoms with Gasteiger partial charge in [-0.05, 0) is 43.7 Å². The quantitative estimate of drug-likeness (QED) is 0.199. The first-order valence-electron chi connectivity index (χ1n) is 14.3. The molecule has 0 saturated carbocycles. The molecule has 0 radical (unpaired) electrons. The van der Waals surface area contributed by atoms with Crippen molar-refractivity contribution in [3.05, 3.63) is 45.7 Å². The Bertz CT molecular complexity index is 1360. The molecule has 12 heteroatoms. The average Bonchev–Trinajstić information content (AvgIpc) is 2.93. The van der Waals surface area contributed by atoms with Crippen molar-refractivity contribution in [3.63, 3.8) is 0 Å². The van der Waals surface area contributed by atoms with E-state index in [1.165, 1.54) is 23.4 Å². The molecule has 4 unspecified atom stereocenters. The highest BCUT2D eigenvalue weighted by molar-refractivity contribution is 7.89. The molecular formula is C29H45N7O4S. The Hall–Kier alpha value is -3.11. The molecule has 4 atom stereocenters. The molecule has 0 spiro atoms. The standard InChI is InChI=1S/C29H45N7O4S/c1-6-12-23(31)20(8-3)17-36(18-21(9-4)24(32)13-7-2)41(39,40)26-15-11-10-14-25(26)34-35-27-19(5)22(16-30)28(37)33-29(27)38/h10-11,14-15,20-21,23-24H,6-9,12-13,17-18,31-32H2,1-5H3,(H2,33,37,38)/b35-34-. The van der Waals surface area contributed by atoms with E-state index in [0.29, 0.717) is 0 Å². The summed E-state index contributed by atoms with van der Waals surface area (Å²) in [6.45, 7) is 10.1. The van der Waals surface area contributed by atoms with Gasteiger partial charge in [0.25, 0.3) is 5.56 Å². The van der Waals surface area contributed by atoms with Crippen LogP contribution in [0.5, 0.6) is 5.88 Å². The molecule has 0 aliphatic heterocycles. The zero-order valence-corrected chi connectivity index (χ0v) is 25.6. The highest BCUT2D eigenvalue weighted by Gasteiger charge is 2.33. The number of aromatic amines is 1. The lowest BCUT2D eigenvalue weighted by molar-refractivity contribution is 0.242. The van der Waals surface area contributed by atoms with E-state index >= 15 is 0 Å². The first-order valence-corrected chi connectivity index (χ1v) is 15.8. The molecule has 41 heavy (non-hydrogen) atoms. The first kappa shape index (κ1) is 34.1. The molecule has 0 fully saturated rings. The Kier molecular flexibility index (Phi) is 13.1. The summed E-state index contributed by atoms with van der Waals surface area (Å²) in [6, 6.07) is 7.71. The van der Waals surface area contributed by atoms with Gasteiger partial charge in [0.2, 0.25) is 15.9 Å². The summed E-state index contributed by atoms with van der Waals surface area (Å²) in [5, 5.41) is 27.8. The van der Waals surface area contributed by atoms with Crippen molar-refractivity contribution in [1.29, 1.82) is 5.26 Å². The van der Waals surface area contributed by atoms with Crippen molar-refractivity contribution in [2.75, 3.05) is 13.1 Å². The fourth-order valence-corrected chi connectivity index (χ4v) is 6.70. The Morgan fingerprint density at radius 1 is 1.00 bits per heavy atom. The van der Waals surface area contributed by atoms with Crippen molar-refractivity contribution in [2.24, 2.45) is 33.5 Å². The predicted molar refractivity (Wildman–Crippen MR) is 161 cm³/mol. The van der Waals surface area contributed by atoms with Gasteiger partial charge in [-0.3, -0.25) is 9.78 Å². The second kappa shape index (κ2) is 15.8. The van der Waals surface area contributed by atoms with Crippen LogP contribution >= 0.6 is 0 Å². The molecule has 1 aromatic carbocycles. The second-order valence-electron chi connectivity index (χ2n) is 10.5. The van der Waals surface area contributed by atoms with Crippen LogP contribution in [0.1, 0.15) is 77.3 Å². The molecule has 0 saturated heterocycles. The molecular weight excluding hydrogens is 542 g/mol. The lowest BCUT2D eigenvalue weighted by atomic mass is 9.92. The Labute approximate surface area is 243 Å². The van der Waals surface area contributed by atoms with Gasteiger partial charge >= 0.3 is 0 Å². The van der Waals surface area contributed by atoms with Crippen molar-refractivity contribution < 1.29 is 13.5 Å². The number of sulfonamides is 1. The van der Waals surface area contributed by atoms with Gasteiger partial charge in [-0.1, -0.05) is 65.5 Å². The number of azo groups is 1. The summed E-state index contributed by atoms with van der Waals surface area (Å²) in [5.41, 5.74) is 12.1. The number of aromatic nitrogens is 1. The van der Waals surface area contributed by atoms with Gasteiger partial charge in [0.15, 0.2) is 0 Å². The maximum absolute atomic E-state index is 14.3. The normalized spacial score (nSPS) is 15.1. The number of hydrogen-bond donors (Lipinski definition) is 4. The third-order valence-electron chi connectivity index (χ3n) is 7.65. The average molecular weight is 588 g/mol. The van der Waals surface area contributed by atoms with E-state index in [-0.39, 0.29) is 64.4 Å². The smallest absolute Gasteiger partial charge is 0.269 e. The van der Waals surface area contributed by atoms with Crippen molar-refractivity contribution in [1.82, 2.24) is 9.29 Å². The lowest BCUT2D eigenvalue weighted by Crippen LogP contribution is -2.46. The second-order valence-corrected chi connectivity index (χ2v) is 12.4.